The molecule has 1 aliphatic heterocycles. The van der Waals surface area contributed by atoms with Crippen LogP contribution >= 0.6 is 0 Å². The summed E-state index contributed by atoms with van der Waals surface area (Å²) in [6.07, 6.45) is 0.848. The number of para-hydroxylation sites is 1. The first-order valence-corrected chi connectivity index (χ1v) is 6.81. The molecule has 0 fully saturated rings. The number of carbonyl (C=O) groups excluding carboxylic acids is 1. The van der Waals surface area contributed by atoms with Crippen LogP contribution in [0.4, 0.5) is 0 Å². The first-order chi connectivity index (χ1) is 9.49. The molecule has 4 heteroatoms. The Bertz CT molecular complexity index is 703. The molecule has 1 aromatic heterocycles. The van der Waals surface area contributed by atoms with Crippen molar-refractivity contribution >= 4 is 22.5 Å². The van der Waals surface area contributed by atoms with Crippen LogP contribution in [0.5, 0.6) is 0 Å². The highest BCUT2D eigenvalue weighted by molar-refractivity contribution is 5.95. The summed E-state index contributed by atoms with van der Waals surface area (Å²) in [5.41, 5.74) is 3.16. The molecule has 1 aliphatic rings. The van der Waals surface area contributed by atoms with Crippen molar-refractivity contribution in [2.75, 3.05) is 6.54 Å². The summed E-state index contributed by atoms with van der Waals surface area (Å²) in [7, 11) is 0. The van der Waals surface area contributed by atoms with Crippen LogP contribution in [0.25, 0.3) is 16.6 Å². The topological polar surface area (TPSA) is 45.3 Å². The van der Waals surface area contributed by atoms with Crippen LogP contribution < -0.4 is 0 Å². The highest BCUT2D eigenvalue weighted by Gasteiger charge is 2.29. The third-order valence-corrected chi connectivity index (χ3v) is 3.35. The molecule has 0 aliphatic carbocycles. The minimum absolute atomic E-state index is 0.342. The monoisotopic (exact) mass is 270 g/mol. The highest BCUT2D eigenvalue weighted by atomic mass is 16.7. The number of aromatic amines is 1. The number of aromatic nitrogens is 1. The Labute approximate surface area is 118 Å². The molecule has 2 heterocycles. The molecule has 4 nitrogen and oxygen atoms in total. The molecular formula is C16H18N2O2. The van der Waals surface area contributed by atoms with E-state index in [2.05, 4.69) is 11.1 Å². The Hall–Kier alpha value is -2.03. The summed E-state index contributed by atoms with van der Waals surface area (Å²) in [5.74, 6) is 2.03. The fourth-order valence-electron chi connectivity index (χ4n) is 2.64. The summed E-state index contributed by atoms with van der Waals surface area (Å²) in [6.45, 7) is 6.57. The average molecular weight is 270 g/mol. The standard InChI is InChI=1S/C16H18N2O2/c1-16(2,3)20-18-9-8-12-11-6-4-5-7-13(11)17-15(12)14(18)10-19/h4-7,17H,8-9H2,1-3H3. The minimum Gasteiger partial charge on any atom is -0.352 e. The van der Waals surface area contributed by atoms with Gasteiger partial charge in [0.2, 0.25) is 0 Å². The number of nitrogens with one attached hydrogen (secondary N) is 1. The lowest BCUT2D eigenvalue weighted by molar-refractivity contribution is -0.190. The molecule has 104 valence electrons. The zero-order valence-electron chi connectivity index (χ0n) is 12.0. The van der Waals surface area contributed by atoms with Gasteiger partial charge in [0.15, 0.2) is 11.6 Å². The summed E-state index contributed by atoms with van der Waals surface area (Å²) in [5, 5.41) is 2.83. The van der Waals surface area contributed by atoms with Gasteiger partial charge < -0.3 is 4.98 Å². The van der Waals surface area contributed by atoms with Gasteiger partial charge >= 0.3 is 0 Å². The first-order valence-electron chi connectivity index (χ1n) is 6.81. The highest BCUT2D eigenvalue weighted by Crippen LogP contribution is 2.33. The number of rotatable bonds is 1. The fraction of sp³-hybridized carbons (Fsp3) is 0.375. The number of fused-ring (bicyclic) bond motifs is 3. The zero-order valence-corrected chi connectivity index (χ0v) is 12.0. The van der Waals surface area contributed by atoms with Gasteiger partial charge in [-0.2, -0.15) is 0 Å². The number of benzene rings is 1. The molecule has 1 N–H and O–H groups in total. The molecule has 0 saturated carbocycles. The van der Waals surface area contributed by atoms with Gasteiger partial charge in [0.1, 0.15) is 0 Å². The minimum atomic E-state index is -0.342. The lowest BCUT2D eigenvalue weighted by Gasteiger charge is -2.33. The lowest BCUT2D eigenvalue weighted by Crippen LogP contribution is -2.37. The molecule has 2 aromatic rings. The molecule has 0 unspecified atom stereocenters. The number of hydroxylamine groups is 2. The van der Waals surface area contributed by atoms with E-state index < -0.39 is 0 Å². The van der Waals surface area contributed by atoms with E-state index >= 15 is 0 Å². The van der Waals surface area contributed by atoms with Gasteiger partial charge in [0, 0.05) is 10.9 Å². The second-order valence-corrected chi connectivity index (χ2v) is 6.03. The van der Waals surface area contributed by atoms with Gasteiger partial charge in [0.05, 0.1) is 17.8 Å². The summed E-state index contributed by atoms with van der Waals surface area (Å²) in [4.78, 5) is 20.6. The third kappa shape index (κ3) is 2.13. The van der Waals surface area contributed by atoms with E-state index in [9.17, 15) is 4.79 Å². The Morgan fingerprint density at radius 2 is 2.05 bits per heavy atom. The van der Waals surface area contributed by atoms with Crippen molar-refractivity contribution in [3.05, 3.63) is 35.5 Å². The van der Waals surface area contributed by atoms with Crippen molar-refractivity contribution in [3.63, 3.8) is 0 Å². The lowest BCUT2D eigenvalue weighted by atomic mass is 10.0. The Morgan fingerprint density at radius 1 is 1.30 bits per heavy atom. The SMILES string of the molecule is CC(C)(C)ON1CCc2c([nH]c3ccccc23)C1=C=O. The van der Waals surface area contributed by atoms with Gasteiger partial charge in [-0.1, -0.05) is 18.2 Å². The van der Waals surface area contributed by atoms with Crippen LogP contribution in [0.3, 0.4) is 0 Å². The first kappa shape index (κ1) is 13.0. The van der Waals surface area contributed by atoms with Crippen molar-refractivity contribution in [2.45, 2.75) is 32.8 Å². The van der Waals surface area contributed by atoms with Crippen LogP contribution in [0, 0.1) is 0 Å². The maximum atomic E-state index is 11.4. The van der Waals surface area contributed by atoms with E-state index in [1.165, 1.54) is 10.9 Å². The molecule has 0 spiro atoms. The Balaban J connectivity index is 2.08. The molecular weight excluding hydrogens is 252 g/mol. The van der Waals surface area contributed by atoms with Crippen molar-refractivity contribution in [1.82, 2.24) is 10.0 Å². The molecule has 0 saturated heterocycles. The molecule has 0 atom stereocenters. The summed E-state index contributed by atoms with van der Waals surface area (Å²) in [6, 6.07) is 8.09. The predicted molar refractivity (Wildman–Crippen MR) is 78.6 cm³/mol. The molecule has 0 radical (unpaired) electrons. The van der Waals surface area contributed by atoms with Crippen LogP contribution in [-0.4, -0.2) is 28.1 Å². The van der Waals surface area contributed by atoms with E-state index in [0.29, 0.717) is 12.2 Å². The molecule has 0 amide bonds. The fourth-order valence-corrected chi connectivity index (χ4v) is 2.64. The zero-order chi connectivity index (χ0) is 14.3. The number of hydrogen-bond acceptors (Lipinski definition) is 3. The van der Waals surface area contributed by atoms with Crippen LogP contribution in [0.15, 0.2) is 24.3 Å². The second-order valence-electron chi connectivity index (χ2n) is 6.03. The van der Waals surface area contributed by atoms with E-state index in [1.807, 2.05) is 44.9 Å². The second kappa shape index (κ2) is 4.51. The summed E-state index contributed by atoms with van der Waals surface area (Å²) >= 11 is 0. The Morgan fingerprint density at radius 3 is 2.75 bits per heavy atom. The van der Waals surface area contributed by atoms with Crippen molar-refractivity contribution in [3.8, 4) is 0 Å². The van der Waals surface area contributed by atoms with E-state index in [-0.39, 0.29) is 5.60 Å². The van der Waals surface area contributed by atoms with Crippen molar-refractivity contribution in [1.29, 1.82) is 0 Å². The smallest absolute Gasteiger partial charge is 0.171 e. The average Bonchev–Trinajstić information content (AvgIpc) is 2.75. The number of H-pyrrole nitrogens is 1. The molecule has 20 heavy (non-hydrogen) atoms. The van der Waals surface area contributed by atoms with Gasteiger partial charge in [-0.15, -0.1) is 0 Å². The van der Waals surface area contributed by atoms with Crippen LogP contribution in [0.1, 0.15) is 32.0 Å². The van der Waals surface area contributed by atoms with Gasteiger partial charge in [0.25, 0.3) is 0 Å². The summed E-state index contributed by atoms with van der Waals surface area (Å²) < 4.78 is 0. The van der Waals surface area contributed by atoms with Gasteiger partial charge in [-0.3, -0.25) is 4.84 Å². The maximum absolute atomic E-state index is 11.4. The van der Waals surface area contributed by atoms with Crippen molar-refractivity contribution in [2.24, 2.45) is 0 Å². The number of nitrogens with zero attached hydrogens (tertiary/aromatic N) is 1. The van der Waals surface area contributed by atoms with E-state index in [1.54, 1.807) is 5.06 Å². The van der Waals surface area contributed by atoms with Gasteiger partial charge in [-0.05, 0) is 38.8 Å². The quantitative estimate of drug-likeness (QED) is 0.810. The van der Waals surface area contributed by atoms with Gasteiger partial charge in [-0.25, -0.2) is 9.86 Å². The predicted octanol–water partition coefficient (Wildman–Crippen LogP) is 2.93. The van der Waals surface area contributed by atoms with Crippen molar-refractivity contribution < 1.29 is 9.63 Å². The molecule has 1 aromatic carbocycles. The van der Waals surface area contributed by atoms with E-state index in [0.717, 1.165) is 17.6 Å². The van der Waals surface area contributed by atoms with Crippen LogP contribution in [-0.2, 0) is 16.1 Å². The van der Waals surface area contributed by atoms with Crippen LogP contribution in [0.2, 0.25) is 0 Å². The molecule has 0 bridgehead atoms. The normalized spacial score (nSPS) is 15.3. The van der Waals surface area contributed by atoms with E-state index in [4.69, 9.17) is 4.84 Å². The maximum Gasteiger partial charge on any atom is 0.171 e. The molecule has 3 rings (SSSR count). The third-order valence-electron chi connectivity index (χ3n) is 3.35. The largest absolute Gasteiger partial charge is 0.352 e. The number of hydrogen-bond donors (Lipinski definition) is 1. The Kier molecular flexibility index (Phi) is 2.93.